The monoisotopic (exact) mass is 350 g/mol. The second-order valence-corrected chi connectivity index (χ2v) is 5.75. The number of ether oxygens (including phenoxy) is 2. The van der Waals surface area contributed by atoms with E-state index in [4.69, 9.17) is 14.6 Å². The summed E-state index contributed by atoms with van der Waals surface area (Å²) in [4.78, 5) is 37.2. The van der Waals surface area contributed by atoms with Crippen LogP contribution in [0.15, 0.2) is 18.2 Å². The summed E-state index contributed by atoms with van der Waals surface area (Å²) in [5.74, 6) is -1.29. The Morgan fingerprint density at radius 2 is 2.08 bits per heavy atom. The molecule has 1 aromatic carbocycles. The van der Waals surface area contributed by atoms with Crippen molar-refractivity contribution >= 4 is 23.5 Å². The van der Waals surface area contributed by atoms with Crippen LogP contribution < -0.4 is 19.7 Å². The third-order valence-corrected chi connectivity index (χ3v) is 4.20. The maximum atomic E-state index is 12.3. The van der Waals surface area contributed by atoms with Crippen LogP contribution in [-0.2, 0) is 14.4 Å². The molecule has 1 aliphatic rings. The zero-order valence-corrected chi connectivity index (χ0v) is 14.4. The van der Waals surface area contributed by atoms with Gasteiger partial charge in [0.25, 0.3) is 0 Å². The van der Waals surface area contributed by atoms with E-state index in [1.165, 1.54) is 19.1 Å². The van der Waals surface area contributed by atoms with Crippen LogP contribution in [0.1, 0.15) is 19.8 Å². The average Bonchev–Trinajstić information content (AvgIpc) is 3.00. The molecule has 0 radical (unpaired) electrons. The largest absolute Gasteiger partial charge is 0.497 e. The smallest absolute Gasteiger partial charge is 0.326 e. The van der Waals surface area contributed by atoms with E-state index >= 15 is 0 Å². The minimum absolute atomic E-state index is 0.0249. The maximum Gasteiger partial charge on any atom is 0.326 e. The predicted molar refractivity (Wildman–Crippen MR) is 89.9 cm³/mol. The third-order valence-electron chi connectivity index (χ3n) is 4.20. The quantitative estimate of drug-likeness (QED) is 0.761. The van der Waals surface area contributed by atoms with E-state index in [1.807, 2.05) is 0 Å². The van der Waals surface area contributed by atoms with E-state index in [0.29, 0.717) is 17.2 Å². The van der Waals surface area contributed by atoms with Crippen LogP contribution in [0.4, 0.5) is 5.69 Å². The van der Waals surface area contributed by atoms with Gasteiger partial charge < -0.3 is 24.8 Å². The van der Waals surface area contributed by atoms with Gasteiger partial charge in [0.05, 0.1) is 25.8 Å². The van der Waals surface area contributed by atoms with Gasteiger partial charge >= 0.3 is 5.97 Å². The Morgan fingerprint density at radius 3 is 2.64 bits per heavy atom. The summed E-state index contributed by atoms with van der Waals surface area (Å²) in [6.45, 7) is 1.84. The summed E-state index contributed by atoms with van der Waals surface area (Å²) in [6.07, 6.45) is 0.300. The number of hydrogen-bond donors (Lipinski definition) is 2. The summed E-state index contributed by atoms with van der Waals surface area (Å²) < 4.78 is 10.4. The molecule has 8 nitrogen and oxygen atoms in total. The van der Waals surface area contributed by atoms with Crippen molar-refractivity contribution in [3.8, 4) is 11.5 Å². The molecular weight excluding hydrogens is 328 g/mol. The highest BCUT2D eigenvalue weighted by atomic mass is 16.5. The molecule has 2 rings (SSSR count). The number of amides is 2. The second-order valence-electron chi connectivity index (χ2n) is 5.75. The number of nitrogens with zero attached hydrogens (tertiary/aromatic N) is 1. The van der Waals surface area contributed by atoms with Crippen LogP contribution >= 0.6 is 0 Å². The van der Waals surface area contributed by atoms with Crippen LogP contribution in [0.2, 0.25) is 0 Å². The van der Waals surface area contributed by atoms with E-state index < -0.39 is 23.8 Å². The normalized spacial score (nSPS) is 18.0. The van der Waals surface area contributed by atoms with Gasteiger partial charge in [0.15, 0.2) is 0 Å². The Morgan fingerprint density at radius 1 is 1.36 bits per heavy atom. The molecule has 2 unspecified atom stereocenters. The SMILES string of the molecule is CCC(NC(=O)C1CC(=O)N(c2ccc(OC)cc2OC)C1)C(=O)O. The minimum atomic E-state index is -1.09. The van der Waals surface area contributed by atoms with Crippen LogP contribution in [0.5, 0.6) is 11.5 Å². The van der Waals surface area contributed by atoms with Crippen molar-refractivity contribution in [3.05, 3.63) is 18.2 Å². The molecule has 25 heavy (non-hydrogen) atoms. The van der Waals surface area contributed by atoms with Gasteiger partial charge in [-0.05, 0) is 18.6 Å². The van der Waals surface area contributed by atoms with E-state index in [1.54, 1.807) is 25.1 Å². The number of carbonyl (C=O) groups is 3. The summed E-state index contributed by atoms with van der Waals surface area (Å²) in [7, 11) is 3.02. The Labute approximate surface area is 145 Å². The summed E-state index contributed by atoms with van der Waals surface area (Å²) in [5.41, 5.74) is 0.550. The number of carbonyl (C=O) groups excluding carboxylic acids is 2. The lowest BCUT2D eigenvalue weighted by molar-refractivity contribution is -0.142. The molecule has 1 aliphatic heterocycles. The lowest BCUT2D eigenvalue weighted by Crippen LogP contribution is -2.43. The number of carboxylic acids is 1. The zero-order chi connectivity index (χ0) is 18.6. The second kappa shape index (κ2) is 7.87. The first-order valence-electron chi connectivity index (χ1n) is 7.96. The first kappa shape index (κ1) is 18.6. The first-order chi connectivity index (χ1) is 11.9. The molecule has 136 valence electrons. The molecule has 0 spiro atoms. The highest BCUT2D eigenvalue weighted by Gasteiger charge is 2.37. The first-order valence-corrected chi connectivity index (χ1v) is 7.96. The van der Waals surface area contributed by atoms with Crippen molar-refractivity contribution in [2.24, 2.45) is 5.92 Å². The van der Waals surface area contributed by atoms with Crippen LogP contribution in [0.3, 0.4) is 0 Å². The van der Waals surface area contributed by atoms with Crippen molar-refractivity contribution in [2.45, 2.75) is 25.8 Å². The number of hydrogen-bond acceptors (Lipinski definition) is 5. The van der Waals surface area contributed by atoms with Gasteiger partial charge in [0, 0.05) is 19.0 Å². The molecule has 8 heteroatoms. The zero-order valence-electron chi connectivity index (χ0n) is 14.4. The van der Waals surface area contributed by atoms with Crippen LogP contribution in [-0.4, -0.2) is 49.7 Å². The standard InChI is InChI=1S/C17H22N2O6/c1-4-12(17(22)23)18-16(21)10-7-15(20)19(9-10)13-6-5-11(24-2)8-14(13)25-3/h5-6,8,10,12H,4,7,9H2,1-3H3,(H,18,21)(H,22,23). The third kappa shape index (κ3) is 4.01. The Balaban J connectivity index is 2.15. The van der Waals surface area contributed by atoms with Gasteiger partial charge in [-0.15, -0.1) is 0 Å². The number of benzene rings is 1. The predicted octanol–water partition coefficient (Wildman–Crippen LogP) is 1.04. The molecule has 2 amide bonds. The highest BCUT2D eigenvalue weighted by Crippen LogP contribution is 2.35. The van der Waals surface area contributed by atoms with Crippen molar-refractivity contribution in [3.63, 3.8) is 0 Å². The number of anilines is 1. The molecule has 0 aromatic heterocycles. The molecule has 1 aromatic rings. The van der Waals surface area contributed by atoms with Gasteiger partial charge in [-0.2, -0.15) is 0 Å². The number of carboxylic acid groups (broad SMARTS) is 1. The molecule has 1 saturated heterocycles. The summed E-state index contributed by atoms with van der Waals surface area (Å²) in [6, 6.07) is 4.11. The molecule has 1 fully saturated rings. The van der Waals surface area contributed by atoms with E-state index in [2.05, 4.69) is 5.32 Å². The van der Waals surface area contributed by atoms with Crippen LogP contribution in [0, 0.1) is 5.92 Å². The maximum absolute atomic E-state index is 12.3. The number of methoxy groups -OCH3 is 2. The fraction of sp³-hybridized carbons (Fsp3) is 0.471. The lowest BCUT2D eigenvalue weighted by atomic mass is 10.1. The molecule has 2 N–H and O–H groups in total. The lowest BCUT2D eigenvalue weighted by Gasteiger charge is -2.20. The van der Waals surface area contributed by atoms with Crippen molar-refractivity contribution in [1.29, 1.82) is 0 Å². The molecule has 0 bridgehead atoms. The molecular formula is C17H22N2O6. The fourth-order valence-electron chi connectivity index (χ4n) is 2.75. The van der Waals surface area contributed by atoms with E-state index in [9.17, 15) is 14.4 Å². The van der Waals surface area contributed by atoms with E-state index in [-0.39, 0.29) is 25.3 Å². The minimum Gasteiger partial charge on any atom is -0.497 e. The molecule has 0 saturated carbocycles. The van der Waals surface area contributed by atoms with Gasteiger partial charge in [0.2, 0.25) is 11.8 Å². The van der Waals surface area contributed by atoms with Crippen molar-refractivity contribution in [1.82, 2.24) is 5.32 Å². The highest BCUT2D eigenvalue weighted by molar-refractivity contribution is 6.01. The number of nitrogens with one attached hydrogen (secondary N) is 1. The van der Waals surface area contributed by atoms with E-state index in [0.717, 1.165) is 0 Å². The Kier molecular flexibility index (Phi) is 5.84. The summed E-state index contributed by atoms with van der Waals surface area (Å²) >= 11 is 0. The average molecular weight is 350 g/mol. The summed E-state index contributed by atoms with van der Waals surface area (Å²) in [5, 5.41) is 11.5. The van der Waals surface area contributed by atoms with Gasteiger partial charge in [-0.1, -0.05) is 6.92 Å². The number of aliphatic carboxylic acids is 1. The fourth-order valence-corrected chi connectivity index (χ4v) is 2.75. The van der Waals surface area contributed by atoms with Gasteiger partial charge in [0.1, 0.15) is 17.5 Å². The van der Waals surface area contributed by atoms with Gasteiger partial charge in [-0.25, -0.2) is 4.79 Å². The Hall–Kier alpha value is -2.77. The van der Waals surface area contributed by atoms with Gasteiger partial charge in [-0.3, -0.25) is 9.59 Å². The number of rotatable bonds is 7. The molecule has 1 heterocycles. The molecule has 2 atom stereocenters. The van der Waals surface area contributed by atoms with Crippen LogP contribution in [0.25, 0.3) is 0 Å². The van der Waals surface area contributed by atoms with Crippen molar-refractivity contribution < 1.29 is 29.0 Å². The van der Waals surface area contributed by atoms with Crippen molar-refractivity contribution in [2.75, 3.05) is 25.7 Å². The Bertz CT molecular complexity index is 675. The topological polar surface area (TPSA) is 105 Å². The molecule has 0 aliphatic carbocycles.